The van der Waals surface area contributed by atoms with Crippen molar-refractivity contribution in [3.8, 4) is 5.75 Å². The fourth-order valence-electron chi connectivity index (χ4n) is 1.50. The van der Waals surface area contributed by atoms with Crippen LogP contribution in [0.3, 0.4) is 0 Å². The summed E-state index contributed by atoms with van der Waals surface area (Å²) in [6.07, 6.45) is 0.0395. The summed E-state index contributed by atoms with van der Waals surface area (Å²) in [5.74, 6) is -0.601. The lowest BCUT2D eigenvalue weighted by Gasteiger charge is -2.10. The first-order chi connectivity index (χ1) is 9.75. The Hall–Kier alpha value is -1.31. The van der Waals surface area contributed by atoms with Gasteiger partial charge in [-0.2, -0.15) is 0 Å². The molecule has 0 N–H and O–H groups in total. The highest BCUT2D eigenvalue weighted by Gasteiger charge is 2.20. The Bertz CT molecular complexity index is 597. The summed E-state index contributed by atoms with van der Waals surface area (Å²) in [6, 6.07) is 3.86. The number of hydrogen-bond acceptors (Lipinski definition) is 6. The third-order valence-electron chi connectivity index (χ3n) is 2.43. The van der Waals surface area contributed by atoms with Gasteiger partial charge in [-0.15, -0.1) is 0 Å². The van der Waals surface area contributed by atoms with Crippen molar-refractivity contribution in [2.75, 3.05) is 20.3 Å². The third kappa shape index (κ3) is 5.53. The Labute approximate surface area is 128 Å². The van der Waals surface area contributed by atoms with Crippen LogP contribution in [0.2, 0.25) is 0 Å². The third-order valence-corrected chi connectivity index (χ3v) is 3.77. The standard InChI is InChI=1S/C13H17ClO6S/c1-9(2)19-6-7-20-13(15)10-4-5-11(18-3)12(8-10)21(14,16)17/h4-5,8-9H,6-7H2,1-3H3. The van der Waals surface area contributed by atoms with E-state index in [2.05, 4.69) is 0 Å². The maximum absolute atomic E-state index is 11.8. The second kappa shape index (κ2) is 7.63. The quantitative estimate of drug-likeness (QED) is 0.431. The van der Waals surface area contributed by atoms with E-state index >= 15 is 0 Å². The Kier molecular flexibility index (Phi) is 6.44. The molecule has 0 saturated heterocycles. The van der Waals surface area contributed by atoms with Crippen LogP contribution >= 0.6 is 10.7 Å². The van der Waals surface area contributed by atoms with Crippen molar-refractivity contribution in [2.45, 2.75) is 24.8 Å². The topological polar surface area (TPSA) is 78.9 Å². The van der Waals surface area contributed by atoms with Crippen LogP contribution in [0, 0.1) is 0 Å². The number of hydrogen-bond donors (Lipinski definition) is 0. The molecule has 1 aromatic rings. The van der Waals surface area contributed by atoms with Crippen molar-refractivity contribution in [1.29, 1.82) is 0 Å². The molecule has 8 heteroatoms. The van der Waals surface area contributed by atoms with Gasteiger partial charge in [0.1, 0.15) is 17.3 Å². The van der Waals surface area contributed by atoms with Crippen molar-refractivity contribution >= 4 is 25.7 Å². The van der Waals surface area contributed by atoms with Crippen molar-refractivity contribution in [3.05, 3.63) is 23.8 Å². The van der Waals surface area contributed by atoms with E-state index in [1.807, 2.05) is 13.8 Å². The minimum atomic E-state index is -4.02. The second-order valence-electron chi connectivity index (χ2n) is 4.36. The van der Waals surface area contributed by atoms with Crippen molar-refractivity contribution in [2.24, 2.45) is 0 Å². The molecule has 21 heavy (non-hydrogen) atoms. The molecular formula is C13H17ClO6S. The SMILES string of the molecule is COc1ccc(C(=O)OCCOC(C)C)cc1S(=O)(=O)Cl. The van der Waals surface area contributed by atoms with Crippen LogP contribution in [0.5, 0.6) is 5.75 Å². The highest BCUT2D eigenvalue weighted by Crippen LogP contribution is 2.28. The van der Waals surface area contributed by atoms with Crippen LogP contribution in [-0.2, 0) is 18.5 Å². The van der Waals surface area contributed by atoms with Gasteiger partial charge in [-0.1, -0.05) is 0 Å². The van der Waals surface area contributed by atoms with Crippen LogP contribution in [-0.4, -0.2) is 40.8 Å². The summed E-state index contributed by atoms with van der Waals surface area (Å²) in [4.78, 5) is 11.5. The van der Waals surface area contributed by atoms with Gasteiger partial charge in [-0.3, -0.25) is 0 Å². The molecule has 0 aliphatic heterocycles. The summed E-state index contributed by atoms with van der Waals surface area (Å²) >= 11 is 0. The highest BCUT2D eigenvalue weighted by molar-refractivity contribution is 8.13. The molecule has 0 spiro atoms. The average molecular weight is 337 g/mol. The summed E-state index contributed by atoms with van der Waals surface area (Å²) < 4.78 is 38.0. The van der Waals surface area contributed by atoms with Crippen molar-refractivity contribution in [1.82, 2.24) is 0 Å². The summed E-state index contributed by atoms with van der Waals surface area (Å²) in [5, 5.41) is 0. The molecule has 1 aromatic carbocycles. The molecule has 0 unspecified atom stereocenters. The molecule has 0 aliphatic carbocycles. The zero-order chi connectivity index (χ0) is 16.0. The Morgan fingerprint density at radius 2 is 1.95 bits per heavy atom. The summed E-state index contributed by atoms with van der Waals surface area (Å²) in [5.41, 5.74) is 0.0690. The molecule has 6 nitrogen and oxygen atoms in total. The number of rotatable bonds is 7. The van der Waals surface area contributed by atoms with Gasteiger partial charge in [0.2, 0.25) is 0 Å². The van der Waals surface area contributed by atoms with E-state index in [1.54, 1.807) is 0 Å². The maximum Gasteiger partial charge on any atom is 0.338 e. The number of carbonyl (C=O) groups is 1. The van der Waals surface area contributed by atoms with Crippen LogP contribution < -0.4 is 4.74 Å². The first-order valence-electron chi connectivity index (χ1n) is 6.17. The van der Waals surface area contributed by atoms with Crippen LogP contribution in [0.1, 0.15) is 24.2 Å². The number of halogens is 1. The first kappa shape index (κ1) is 17.7. The molecule has 0 heterocycles. The molecule has 0 atom stereocenters. The number of esters is 1. The van der Waals surface area contributed by atoms with Crippen LogP contribution in [0.4, 0.5) is 0 Å². The predicted molar refractivity (Wildman–Crippen MR) is 77.4 cm³/mol. The molecule has 0 bridgehead atoms. The molecule has 0 aliphatic rings. The van der Waals surface area contributed by atoms with Gasteiger partial charge in [0, 0.05) is 10.7 Å². The monoisotopic (exact) mass is 336 g/mol. The predicted octanol–water partition coefficient (Wildman–Crippen LogP) is 2.20. The van der Waals surface area contributed by atoms with E-state index in [0.717, 1.165) is 6.07 Å². The van der Waals surface area contributed by atoms with Crippen LogP contribution in [0.15, 0.2) is 23.1 Å². The molecular weight excluding hydrogens is 320 g/mol. The lowest BCUT2D eigenvalue weighted by atomic mass is 10.2. The van der Waals surface area contributed by atoms with Gasteiger partial charge in [0.25, 0.3) is 9.05 Å². The Morgan fingerprint density at radius 3 is 2.48 bits per heavy atom. The van der Waals surface area contributed by atoms with E-state index in [1.165, 1.54) is 19.2 Å². The molecule has 118 valence electrons. The number of benzene rings is 1. The van der Waals surface area contributed by atoms with Crippen molar-refractivity contribution < 1.29 is 27.4 Å². The minimum absolute atomic E-state index is 0.0395. The van der Waals surface area contributed by atoms with Gasteiger partial charge in [-0.25, -0.2) is 13.2 Å². The molecule has 0 fully saturated rings. The van der Waals surface area contributed by atoms with Gasteiger partial charge < -0.3 is 14.2 Å². The molecule has 0 saturated carbocycles. The molecule has 0 amide bonds. The number of methoxy groups -OCH3 is 1. The van der Waals surface area contributed by atoms with Gasteiger partial charge in [0.15, 0.2) is 0 Å². The molecule has 0 radical (unpaired) electrons. The Balaban J connectivity index is 2.82. The summed E-state index contributed by atoms with van der Waals surface area (Å²) in [7, 11) is 2.59. The largest absolute Gasteiger partial charge is 0.495 e. The normalized spacial score (nSPS) is 11.5. The van der Waals surface area contributed by atoms with E-state index in [-0.39, 0.29) is 35.5 Å². The fraction of sp³-hybridized carbons (Fsp3) is 0.462. The zero-order valence-electron chi connectivity index (χ0n) is 12.0. The zero-order valence-corrected chi connectivity index (χ0v) is 13.5. The lowest BCUT2D eigenvalue weighted by Crippen LogP contribution is -2.14. The number of ether oxygens (including phenoxy) is 3. The highest BCUT2D eigenvalue weighted by atomic mass is 35.7. The van der Waals surface area contributed by atoms with E-state index in [9.17, 15) is 13.2 Å². The molecule has 1 rings (SSSR count). The minimum Gasteiger partial charge on any atom is -0.495 e. The Morgan fingerprint density at radius 1 is 1.29 bits per heavy atom. The second-order valence-corrected chi connectivity index (χ2v) is 6.89. The van der Waals surface area contributed by atoms with E-state index in [4.69, 9.17) is 24.9 Å². The van der Waals surface area contributed by atoms with Crippen LogP contribution in [0.25, 0.3) is 0 Å². The molecule has 0 aromatic heterocycles. The van der Waals surface area contributed by atoms with Gasteiger partial charge in [-0.05, 0) is 32.0 Å². The smallest absolute Gasteiger partial charge is 0.338 e. The number of carbonyl (C=O) groups excluding carboxylic acids is 1. The maximum atomic E-state index is 11.8. The van der Waals surface area contributed by atoms with E-state index in [0.29, 0.717) is 0 Å². The van der Waals surface area contributed by atoms with E-state index < -0.39 is 15.0 Å². The first-order valence-corrected chi connectivity index (χ1v) is 8.48. The van der Waals surface area contributed by atoms with Crippen molar-refractivity contribution in [3.63, 3.8) is 0 Å². The average Bonchev–Trinajstić information content (AvgIpc) is 2.41. The van der Waals surface area contributed by atoms with Gasteiger partial charge in [0.05, 0.1) is 25.4 Å². The summed E-state index contributed by atoms with van der Waals surface area (Å²) in [6.45, 7) is 4.07. The lowest BCUT2D eigenvalue weighted by molar-refractivity contribution is 0.0176. The fourth-order valence-corrected chi connectivity index (χ4v) is 2.52. The van der Waals surface area contributed by atoms with Gasteiger partial charge >= 0.3 is 5.97 Å².